The summed E-state index contributed by atoms with van der Waals surface area (Å²) in [6.45, 7) is 3.13. The molecule has 0 aliphatic carbocycles. The van der Waals surface area contributed by atoms with E-state index in [0.717, 1.165) is 10.5 Å². The first-order chi connectivity index (χ1) is 16.1. The van der Waals surface area contributed by atoms with E-state index in [-0.39, 0.29) is 27.9 Å². The van der Waals surface area contributed by atoms with Gasteiger partial charge in [-0.15, -0.1) is 0 Å². The van der Waals surface area contributed by atoms with Crippen LogP contribution in [0.5, 0.6) is 11.5 Å². The molecule has 2 aromatic rings. The number of ether oxygens (including phenoxy) is 2. The summed E-state index contributed by atoms with van der Waals surface area (Å²) in [5.41, 5.74) is 1.38. The number of hydrogen-bond donors (Lipinski definition) is 0. The Labute approximate surface area is 214 Å². The van der Waals surface area contributed by atoms with Crippen LogP contribution in [0.1, 0.15) is 18.1 Å². The van der Waals surface area contributed by atoms with E-state index >= 15 is 0 Å². The second-order valence-electron chi connectivity index (χ2n) is 6.96. The molecule has 1 aliphatic rings. The van der Waals surface area contributed by atoms with Gasteiger partial charge in [0.25, 0.3) is 11.1 Å². The SMILES string of the molecule is CCOC(=O)CN1C(=O)S/C(=C\c2cc(I)c(OS(=O)(=O)c3ccc(C)cc3)c(OC)c2)C1=O. The van der Waals surface area contributed by atoms with Gasteiger partial charge in [0.15, 0.2) is 11.5 Å². The summed E-state index contributed by atoms with van der Waals surface area (Å²) >= 11 is 2.58. The molecule has 0 bridgehead atoms. The number of amides is 2. The highest BCUT2D eigenvalue weighted by molar-refractivity contribution is 14.1. The first-order valence-electron chi connectivity index (χ1n) is 9.85. The fourth-order valence-electron chi connectivity index (χ4n) is 2.89. The molecule has 1 saturated heterocycles. The van der Waals surface area contributed by atoms with Crippen molar-refractivity contribution in [3.05, 3.63) is 56.0 Å². The van der Waals surface area contributed by atoms with Crippen LogP contribution in [0.4, 0.5) is 4.79 Å². The number of carbonyl (C=O) groups excluding carboxylic acids is 3. The van der Waals surface area contributed by atoms with Gasteiger partial charge in [-0.3, -0.25) is 19.3 Å². The maximum Gasteiger partial charge on any atom is 0.339 e. The van der Waals surface area contributed by atoms with Gasteiger partial charge in [0, 0.05) is 0 Å². The Balaban J connectivity index is 1.88. The summed E-state index contributed by atoms with van der Waals surface area (Å²) in [5, 5.41) is -0.588. The highest BCUT2D eigenvalue weighted by Crippen LogP contribution is 2.38. The lowest BCUT2D eigenvalue weighted by Gasteiger charge is -2.14. The Bertz CT molecular complexity index is 1270. The van der Waals surface area contributed by atoms with E-state index in [0.29, 0.717) is 20.9 Å². The van der Waals surface area contributed by atoms with Crippen molar-refractivity contribution in [2.75, 3.05) is 20.3 Å². The Hall–Kier alpha value is -2.58. The molecule has 0 unspecified atom stereocenters. The van der Waals surface area contributed by atoms with Crippen molar-refractivity contribution in [2.24, 2.45) is 0 Å². The van der Waals surface area contributed by atoms with E-state index < -0.39 is 33.8 Å². The zero-order valence-corrected chi connectivity index (χ0v) is 22.2. The van der Waals surface area contributed by atoms with Crippen LogP contribution < -0.4 is 8.92 Å². The largest absolute Gasteiger partial charge is 0.493 e. The van der Waals surface area contributed by atoms with E-state index in [4.69, 9.17) is 13.7 Å². The lowest BCUT2D eigenvalue weighted by Crippen LogP contribution is -2.34. The van der Waals surface area contributed by atoms with Crippen LogP contribution in [0.2, 0.25) is 0 Å². The van der Waals surface area contributed by atoms with E-state index in [9.17, 15) is 22.8 Å². The summed E-state index contributed by atoms with van der Waals surface area (Å²) in [5.74, 6) is -1.19. The molecule has 12 heteroatoms. The van der Waals surface area contributed by atoms with Crippen LogP contribution in [0.25, 0.3) is 6.08 Å². The summed E-state index contributed by atoms with van der Waals surface area (Å²) in [7, 11) is -2.76. The standard InChI is InChI=1S/C22H20INO8S2/c1-4-31-19(25)12-24-21(26)18(33-22(24)27)11-14-9-16(23)20(17(10-14)30-3)32-34(28,29)15-7-5-13(2)6-8-15/h5-11H,4,12H2,1-3H3/b18-11-. The van der Waals surface area contributed by atoms with Gasteiger partial charge in [0.05, 0.1) is 22.2 Å². The molecule has 1 aliphatic heterocycles. The van der Waals surface area contributed by atoms with Crippen molar-refractivity contribution in [1.82, 2.24) is 4.90 Å². The minimum Gasteiger partial charge on any atom is -0.493 e. The number of thioether (sulfide) groups is 1. The fraction of sp³-hybridized carbons (Fsp3) is 0.227. The predicted octanol–water partition coefficient (Wildman–Crippen LogP) is 3.98. The number of hydrogen-bond acceptors (Lipinski definition) is 9. The van der Waals surface area contributed by atoms with E-state index in [1.807, 2.05) is 29.5 Å². The van der Waals surface area contributed by atoms with Crippen molar-refractivity contribution in [3.63, 3.8) is 0 Å². The van der Waals surface area contributed by atoms with Crippen LogP contribution in [0.15, 0.2) is 46.2 Å². The van der Waals surface area contributed by atoms with Crippen molar-refractivity contribution in [2.45, 2.75) is 18.7 Å². The fourth-order valence-corrected chi connectivity index (χ4v) is 5.57. The number of methoxy groups -OCH3 is 1. The summed E-state index contributed by atoms with van der Waals surface area (Å²) in [6.07, 6.45) is 1.46. The molecule has 34 heavy (non-hydrogen) atoms. The van der Waals surface area contributed by atoms with Crippen molar-refractivity contribution in [1.29, 1.82) is 0 Å². The molecule has 0 aromatic heterocycles. The third-order valence-corrected chi connectivity index (χ3v) is 7.46. The number of nitrogens with zero attached hydrogens (tertiary/aromatic N) is 1. The summed E-state index contributed by atoms with van der Waals surface area (Å²) in [4.78, 5) is 37.4. The van der Waals surface area contributed by atoms with E-state index in [1.165, 1.54) is 31.4 Å². The number of aryl methyl sites for hydroxylation is 1. The molecule has 0 saturated carbocycles. The first kappa shape index (κ1) is 26.0. The maximum absolute atomic E-state index is 12.7. The van der Waals surface area contributed by atoms with Gasteiger partial charge in [-0.1, -0.05) is 17.7 Å². The monoisotopic (exact) mass is 617 g/mol. The predicted molar refractivity (Wildman–Crippen MR) is 134 cm³/mol. The summed E-state index contributed by atoms with van der Waals surface area (Å²) in [6, 6.07) is 9.30. The lowest BCUT2D eigenvalue weighted by atomic mass is 10.2. The van der Waals surface area contributed by atoms with Crippen molar-refractivity contribution >= 4 is 67.7 Å². The average Bonchev–Trinajstić information content (AvgIpc) is 3.03. The van der Waals surface area contributed by atoms with Gasteiger partial charge in [-0.2, -0.15) is 8.42 Å². The quantitative estimate of drug-likeness (QED) is 0.188. The third-order valence-electron chi connectivity index (χ3n) is 4.52. The molecule has 0 spiro atoms. The van der Waals surface area contributed by atoms with Gasteiger partial charge >= 0.3 is 16.1 Å². The second-order valence-corrected chi connectivity index (χ2v) is 10.7. The number of esters is 1. The van der Waals surface area contributed by atoms with Gasteiger partial charge in [-0.25, -0.2) is 0 Å². The minimum atomic E-state index is -4.11. The Kier molecular flexibility index (Phi) is 8.25. The van der Waals surface area contributed by atoms with E-state index in [1.54, 1.807) is 25.1 Å². The van der Waals surface area contributed by atoms with E-state index in [2.05, 4.69) is 0 Å². The molecule has 1 heterocycles. The third kappa shape index (κ3) is 5.91. The smallest absolute Gasteiger partial charge is 0.339 e. The van der Waals surface area contributed by atoms with Crippen LogP contribution in [-0.2, 0) is 24.4 Å². The van der Waals surface area contributed by atoms with Gasteiger partial charge in [0.2, 0.25) is 0 Å². The average molecular weight is 617 g/mol. The second kappa shape index (κ2) is 10.8. The van der Waals surface area contributed by atoms with Gasteiger partial charge < -0.3 is 13.7 Å². The molecule has 2 amide bonds. The Morgan fingerprint density at radius 2 is 1.85 bits per heavy atom. The molecule has 1 fully saturated rings. The normalized spacial score (nSPS) is 15.1. The molecule has 180 valence electrons. The number of halogens is 1. The molecule has 2 aromatic carbocycles. The molecule has 0 N–H and O–H groups in total. The number of imide groups is 1. The molecule has 0 atom stereocenters. The zero-order valence-electron chi connectivity index (χ0n) is 18.4. The highest BCUT2D eigenvalue weighted by Gasteiger charge is 2.36. The van der Waals surface area contributed by atoms with Crippen LogP contribution in [-0.4, -0.2) is 50.7 Å². The topological polar surface area (TPSA) is 116 Å². The number of benzene rings is 2. The Morgan fingerprint density at radius 3 is 2.47 bits per heavy atom. The first-order valence-corrected chi connectivity index (χ1v) is 13.2. The van der Waals surface area contributed by atoms with Crippen molar-refractivity contribution < 1.29 is 36.5 Å². The number of carbonyl (C=O) groups is 3. The lowest BCUT2D eigenvalue weighted by molar-refractivity contribution is -0.145. The van der Waals surface area contributed by atoms with Crippen molar-refractivity contribution in [3.8, 4) is 11.5 Å². The van der Waals surface area contributed by atoms with Crippen LogP contribution >= 0.6 is 34.4 Å². The summed E-state index contributed by atoms with van der Waals surface area (Å²) < 4.78 is 41.3. The molecule has 0 radical (unpaired) electrons. The van der Waals surface area contributed by atoms with Gasteiger partial charge in [0.1, 0.15) is 11.4 Å². The van der Waals surface area contributed by atoms with Crippen LogP contribution in [0, 0.1) is 10.5 Å². The highest BCUT2D eigenvalue weighted by atomic mass is 127. The Morgan fingerprint density at radius 1 is 1.18 bits per heavy atom. The van der Waals surface area contributed by atoms with Crippen LogP contribution in [0.3, 0.4) is 0 Å². The molecular weight excluding hydrogens is 597 g/mol. The maximum atomic E-state index is 12.7. The molecule has 9 nitrogen and oxygen atoms in total. The van der Waals surface area contributed by atoms with Gasteiger partial charge in [-0.05, 0) is 84.1 Å². The minimum absolute atomic E-state index is 0.00348. The molecule has 3 rings (SSSR count). The number of rotatable bonds is 8. The zero-order chi connectivity index (χ0) is 25.0. The molecular formula is C22H20INO8S2.